The molecule has 0 radical (unpaired) electrons. The normalized spacial score (nSPS) is 20.0. The van der Waals surface area contributed by atoms with Crippen molar-refractivity contribution < 1.29 is 9.53 Å². The molecule has 1 aliphatic carbocycles. The average molecular weight is 459 g/mol. The van der Waals surface area contributed by atoms with Gasteiger partial charge in [0, 0.05) is 56.6 Å². The summed E-state index contributed by atoms with van der Waals surface area (Å²) in [5, 5.41) is 3.42. The Kier molecular flexibility index (Phi) is 7.57. The third kappa shape index (κ3) is 5.56. The lowest BCUT2D eigenvalue weighted by molar-refractivity contribution is -0.132. The Morgan fingerprint density at radius 2 is 2.00 bits per heavy atom. The van der Waals surface area contributed by atoms with E-state index in [9.17, 15) is 4.79 Å². The molecular formula is C23H34N6O2S. The summed E-state index contributed by atoms with van der Waals surface area (Å²) >= 11 is 1.18. The van der Waals surface area contributed by atoms with Crippen molar-refractivity contribution in [2.45, 2.75) is 51.5 Å². The first-order chi connectivity index (χ1) is 15.6. The second-order valence-corrected chi connectivity index (χ2v) is 9.77. The molecule has 2 aliphatic rings. The number of rotatable bonds is 8. The molecule has 3 heterocycles. The molecule has 2 aromatic rings. The van der Waals surface area contributed by atoms with Crippen LogP contribution in [0.25, 0.3) is 0 Å². The summed E-state index contributed by atoms with van der Waals surface area (Å²) in [6.45, 7) is 6.53. The molecule has 1 N–H and O–H groups in total. The molecule has 1 amide bonds. The molecular weight excluding hydrogens is 424 g/mol. The van der Waals surface area contributed by atoms with Crippen LogP contribution in [0.3, 0.4) is 0 Å². The Hall–Kier alpha value is -2.26. The Labute approximate surface area is 194 Å². The molecule has 1 saturated heterocycles. The maximum absolute atomic E-state index is 13.3. The van der Waals surface area contributed by atoms with Gasteiger partial charge >= 0.3 is 0 Å². The lowest BCUT2D eigenvalue weighted by Gasteiger charge is -2.38. The number of pyridine rings is 1. The SMILES string of the molecule is COc1nsnc1N1CCN(C[C@@H](Cc2cccnc2)NC(=O)C2(C)CCCCC2)CC1. The third-order valence-corrected chi connectivity index (χ3v) is 7.33. The van der Waals surface area contributed by atoms with E-state index in [2.05, 4.69) is 41.8 Å². The summed E-state index contributed by atoms with van der Waals surface area (Å²) in [5.41, 5.74) is 0.918. The molecule has 0 aromatic carbocycles. The number of hydrogen-bond acceptors (Lipinski definition) is 8. The standard InChI is InChI=1S/C23H34N6O2S/c1-23(8-4-3-5-9-23)22(30)25-19(15-18-7-6-10-24-16-18)17-28-11-13-29(14-12-28)20-21(31-2)27-32-26-20/h6-7,10,16,19H,3-5,8-9,11-15,17H2,1-2H3,(H,25,30)/t19-/m1/s1. The first-order valence-corrected chi connectivity index (χ1v) is 12.3. The fraction of sp³-hybridized carbons (Fsp3) is 0.652. The average Bonchev–Trinajstić information content (AvgIpc) is 3.30. The topological polar surface area (TPSA) is 83.5 Å². The van der Waals surface area contributed by atoms with Crippen molar-refractivity contribution in [3.05, 3.63) is 30.1 Å². The highest BCUT2D eigenvalue weighted by atomic mass is 32.1. The van der Waals surface area contributed by atoms with Gasteiger partial charge < -0.3 is 15.0 Å². The monoisotopic (exact) mass is 458 g/mol. The van der Waals surface area contributed by atoms with Gasteiger partial charge in [-0.3, -0.25) is 14.7 Å². The van der Waals surface area contributed by atoms with Crippen LogP contribution in [0.5, 0.6) is 5.88 Å². The Bertz CT molecular complexity index is 862. The van der Waals surface area contributed by atoms with E-state index in [1.807, 2.05) is 12.3 Å². The lowest BCUT2D eigenvalue weighted by Crippen LogP contribution is -2.54. The van der Waals surface area contributed by atoms with Crippen LogP contribution in [0, 0.1) is 5.41 Å². The highest BCUT2D eigenvalue weighted by molar-refractivity contribution is 6.99. The molecule has 2 fully saturated rings. The molecule has 174 valence electrons. The molecule has 0 unspecified atom stereocenters. The quantitative estimate of drug-likeness (QED) is 0.651. The molecule has 2 aromatic heterocycles. The van der Waals surface area contributed by atoms with Crippen LogP contribution in [-0.4, -0.2) is 70.4 Å². The highest BCUT2D eigenvalue weighted by Gasteiger charge is 2.36. The van der Waals surface area contributed by atoms with E-state index in [1.165, 1.54) is 18.1 Å². The number of anilines is 1. The largest absolute Gasteiger partial charge is 0.478 e. The van der Waals surface area contributed by atoms with Gasteiger partial charge in [0.25, 0.3) is 5.88 Å². The minimum atomic E-state index is -0.238. The van der Waals surface area contributed by atoms with Crippen LogP contribution >= 0.6 is 11.7 Å². The molecule has 9 heteroatoms. The zero-order chi connectivity index (χ0) is 22.4. The van der Waals surface area contributed by atoms with Crippen LogP contribution in [-0.2, 0) is 11.2 Å². The van der Waals surface area contributed by atoms with Gasteiger partial charge in [0.2, 0.25) is 11.7 Å². The molecule has 0 bridgehead atoms. The summed E-state index contributed by atoms with van der Waals surface area (Å²) in [7, 11) is 1.63. The predicted molar refractivity (Wildman–Crippen MR) is 126 cm³/mol. The molecule has 1 atom stereocenters. The van der Waals surface area contributed by atoms with Crippen LogP contribution in [0.15, 0.2) is 24.5 Å². The van der Waals surface area contributed by atoms with Crippen molar-refractivity contribution in [2.24, 2.45) is 5.41 Å². The number of hydrogen-bond donors (Lipinski definition) is 1. The van der Waals surface area contributed by atoms with Crippen molar-refractivity contribution in [1.82, 2.24) is 23.9 Å². The van der Waals surface area contributed by atoms with E-state index in [1.54, 1.807) is 13.3 Å². The van der Waals surface area contributed by atoms with Crippen molar-refractivity contribution in [3.63, 3.8) is 0 Å². The van der Waals surface area contributed by atoms with E-state index in [4.69, 9.17) is 4.74 Å². The number of aromatic nitrogens is 3. The first-order valence-electron chi connectivity index (χ1n) is 11.6. The third-order valence-electron chi connectivity index (χ3n) is 6.83. The first kappa shape index (κ1) is 22.9. The molecule has 1 aliphatic heterocycles. The van der Waals surface area contributed by atoms with Crippen molar-refractivity contribution in [2.75, 3.05) is 44.7 Å². The second-order valence-electron chi connectivity index (χ2n) is 9.24. The summed E-state index contributed by atoms with van der Waals surface area (Å²) in [4.78, 5) is 22.2. The molecule has 32 heavy (non-hydrogen) atoms. The Morgan fingerprint density at radius 3 is 2.69 bits per heavy atom. The number of nitrogens with zero attached hydrogens (tertiary/aromatic N) is 5. The zero-order valence-corrected chi connectivity index (χ0v) is 19.9. The van der Waals surface area contributed by atoms with Gasteiger partial charge in [-0.15, -0.1) is 4.37 Å². The molecule has 4 rings (SSSR count). The van der Waals surface area contributed by atoms with E-state index < -0.39 is 0 Å². The summed E-state index contributed by atoms with van der Waals surface area (Å²) in [5.74, 6) is 1.65. The van der Waals surface area contributed by atoms with Gasteiger partial charge in [-0.25, -0.2) is 0 Å². The van der Waals surface area contributed by atoms with E-state index in [-0.39, 0.29) is 17.4 Å². The smallest absolute Gasteiger partial charge is 0.270 e. The van der Waals surface area contributed by atoms with Crippen LogP contribution in [0.2, 0.25) is 0 Å². The van der Waals surface area contributed by atoms with Gasteiger partial charge in [0.15, 0.2) is 0 Å². The number of amides is 1. The van der Waals surface area contributed by atoms with Gasteiger partial charge in [-0.05, 0) is 30.9 Å². The predicted octanol–water partition coefficient (Wildman–Crippen LogP) is 2.76. The minimum absolute atomic E-state index is 0.0625. The van der Waals surface area contributed by atoms with Gasteiger partial charge in [0.05, 0.1) is 18.8 Å². The summed E-state index contributed by atoms with van der Waals surface area (Å²) in [6.07, 6.45) is 10.00. The van der Waals surface area contributed by atoms with Gasteiger partial charge in [-0.2, -0.15) is 4.37 Å². The molecule has 8 nitrogen and oxygen atoms in total. The van der Waals surface area contributed by atoms with Crippen molar-refractivity contribution >= 4 is 23.5 Å². The van der Waals surface area contributed by atoms with Gasteiger partial charge in [-0.1, -0.05) is 32.3 Å². The van der Waals surface area contributed by atoms with E-state index in [0.717, 1.165) is 76.2 Å². The lowest BCUT2D eigenvalue weighted by atomic mass is 9.75. The van der Waals surface area contributed by atoms with Crippen LogP contribution < -0.4 is 15.0 Å². The number of methoxy groups -OCH3 is 1. The number of carbonyl (C=O) groups excluding carboxylic acids is 1. The number of nitrogens with one attached hydrogen (secondary N) is 1. The van der Waals surface area contributed by atoms with Crippen molar-refractivity contribution in [3.8, 4) is 5.88 Å². The Morgan fingerprint density at radius 1 is 1.22 bits per heavy atom. The highest BCUT2D eigenvalue weighted by Crippen LogP contribution is 2.36. The fourth-order valence-corrected chi connectivity index (χ4v) is 5.38. The fourth-order valence-electron chi connectivity index (χ4n) is 4.83. The number of piperazine rings is 1. The molecule has 0 spiro atoms. The summed E-state index contributed by atoms with van der Waals surface area (Å²) in [6, 6.07) is 4.12. The van der Waals surface area contributed by atoms with E-state index >= 15 is 0 Å². The molecule has 1 saturated carbocycles. The number of ether oxygens (including phenoxy) is 1. The second kappa shape index (κ2) is 10.6. The maximum Gasteiger partial charge on any atom is 0.270 e. The number of carbonyl (C=O) groups is 1. The van der Waals surface area contributed by atoms with Crippen LogP contribution in [0.1, 0.15) is 44.6 Å². The van der Waals surface area contributed by atoms with Gasteiger partial charge in [0.1, 0.15) is 0 Å². The van der Waals surface area contributed by atoms with Crippen molar-refractivity contribution in [1.29, 1.82) is 0 Å². The van der Waals surface area contributed by atoms with E-state index in [0.29, 0.717) is 5.88 Å². The Balaban J connectivity index is 1.38. The van der Waals surface area contributed by atoms with Crippen LogP contribution in [0.4, 0.5) is 5.82 Å². The maximum atomic E-state index is 13.3. The summed E-state index contributed by atoms with van der Waals surface area (Å²) < 4.78 is 13.9. The zero-order valence-electron chi connectivity index (χ0n) is 19.1. The minimum Gasteiger partial charge on any atom is -0.478 e.